The Morgan fingerprint density at radius 2 is 2.07 bits per heavy atom. The molecule has 0 bridgehead atoms. The molecule has 1 aromatic carbocycles. The van der Waals surface area contributed by atoms with Crippen LogP contribution in [0.25, 0.3) is 0 Å². The van der Waals surface area contributed by atoms with Gasteiger partial charge in [0.25, 0.3) is 0 Å². The molecule has 28 heavy (non-hydrogen) atoms. The van der Waals surface area contributed by atoms with E-state index in [1.165, 1.54) is 19.3 Å². The van der Waals surface area contributed by atoms with Crippen LogP contribution in [0.3, 0.4) is 0 Å². The summed E-state index contributed by atoms with van der Waals surface area (Å²) in [5.41, 5.74) is 4.04. The predicted molar refractivity (Wildman–Crippen MR) is 117 cm³/mol. The van der Waals surface area contributed by atoms with Gasteiger partial charge in [0.15, 0.2) is 0 Å². The Morgan fingerprint density at radius 1 is 1.36 bits per heavy atom. The second kappa shape index (κ2) is 9.80. The number of aromatic hydroxyl groups is 1. The van der Waals surface area contributed by atoms with Crippen molar-refractivity contribution in [2.45, 2.75) is 65.2 Å². The quantitative estimate of drug-likeness (QED) is 0.273. The maximum atomic E-state index is 12.6. The lowest BCUT2D eigenvalue weighted by molar-refractivity contribution is 0.324. The molecular formula is C23H35O4P. The number of benzene rings is 1. The van der Waals surface area contributed by atoms with Gasteiger partial charge in [0, 0.05) is 25.3 Å². The molecule has 0 saturated heterocycles. The van der Waals surface area contributed by atoms with E-state index in [1.807, 2.05) is 19.1 Å². The van der Waals surface area contributed by atoms with E-state index < -0.39 is 7.60 Å². The molecule has 3 unspecified atom stereocenters. The van der Waals surface area contributed by atoms with Crippen molar-refractivity contribution in [1.82, 2.24) is 0 Å². The number of phenols is 1. The van der Waals surface area contributed by atoms with Crippen molar-refractivity contribution >= 4 is 7.60 Å². The summed E-state index contributed by atoms with van der Waals surface area (Å²) < 4.78 is 23.5. The SMILES string of the molecule is C=C(C)C1CCC(C)=CC1c1c(O)cc(CCCCC)cc1OP(C)(=O)OC. The molecule has 0 aromatic heterocycles. The third kappa shape index (κ3) is 5.75. The van der Waals surface area contributed by atoms with Crippen molar-refractivity contribution < 1.29 is 18.7 Å². The first-order chi connectivity index (χ1) is 13.2. The van der Waals surface area contributed by atoms with E-state index in [4.69, 9.17) is 9.05 Å². The Bertz CT molecular complexity index is 781. The van der Waals surface area contributed by atoms with E-state index in [0.717, 1.165) is 49.7 Å². The van der Waals surface area contributed by atoms with E-state index in [-0.39, 0.29) is 17.6 Å². The van der Waals surface area contributed by atoms with Gasteiger partial charge in [-0.3, -0.25) is 0 Å². The van der Waals surface area contributed by atoms with Crippen molar-refractivity contribution in [1.29, 1.82) is 0 Å². The van der Waals surface area contributed by atoms with E-state index in [0.29, 0.717) is 11.3 Å². The largest absolute Gasteiger partial charge is 0.507 e. The highest BCUT2D eigenvalue weighted by atomic mass is 31.2. The van der Waals surface area contributed by atoms with Crippen molar-refractivity contribution in [2.75, 3.05) is 13.8 Å². The second-order valence-electron chi connectivity index (χ2n) is 8.06. The van der Waals surface area contributed by atoms with Gasteiger partial charge in [-0.25, -0.2) is 4.57 Å². The van der Waals surface area contributed by atoms with Crippen LogP contribution in [-0.4, -0.2) is 18.9 Å². The van der Waals surface area contributed by atoms with Crippen LogP contribution >= 0.6 is 7.60 Å². The minimum atomic E-state index is -3.26. The van der Waals surface area contributed by atoms with Gasteiger partial charge in [0.1, 0.15) is 11.5 Å². The van der Waals surface area contributed by atoms with Gasteiger partial charge in [0.2, 0.25) is 0 Å². The summed E-state index contributed by atoms with van der Waals surface area (Å²) in [7, 11) is -1.88. The molecule has 1 aliphatic carbocycles. The molecule has 0 aliphatic heterocycles. The first kappa shape index (κ1) is 22.8. The molecule has 156 valence electrons. The minimum absolute atomic E-state index is 0.0530. The van der Waals surface area contributed by atoms with Crippen molar-refractivity contribution in [3.05, 3.63) is 47.1 Å². The molecule has 0 spiro atoms. The van der Waals surface area contributed by atoms with Gasteiger partial charge in [0.05, 0.1) is 0 Å². The normalized spacial score (nSPS) is 21.7. The summed E-state index contributed by atoms with van der Waals surface area (Å²) >= 11 is 0. The number of hydrogen-bond donors (Lipinski definition) is 1. The summed E-state index contributed by atoms with van der Waals surface area (Å²) in [6.45, 7) is 11.9. The Hall–Kier alpha value is -1.51. The number of hydrogen-bond acceptors (Lipinski definition) is 4. The molecule has 2 rings (SSSR count). The zero-order chi connectivity index (χ0) is 20.9. The van der Waals surface area contributed by atoms with Gasteiger partial charge in [-0.05, 0) is 63.1 Å². The number of phenolic OH excluding ortho intramolecular Hbond substituents is 1. The van der Waals surface area contributed by atoms with Gasteiger partial charge in [-0.2, -0.15) is 0 Å². The van der Waals surface area contributed by atoms with Crippen LogP contribution in [-0.2, 0) is 15.5 Å². The fourth-order valence-electron chi connectivity index (χ4n) is 3.92. The van der Waals surface area contributed by atoms with E-state index in [9.17, 15) is 9.67 Å². The Balaban J connectivity index is 2.55. The molecule has 0 fully saturated rings. The van der Waals surface area contributed by atoms with Gasteiger partial charge in [-0.1, -0.05) is 43.6 Å². The van der Waals surface area contributed by atoms with E-state index >= 15 is 0 Å². The molecule has 3 atom stereocenters. The first-order valence-electron chi connectivity index (χ1n) is 10.2. The van der Waals surface area contributed by atoms with Crippen LogP contribution in [0, 0.1) is 5.92 Å². The lowest BCUT2D eigenvalue weighted by atomic mass is 9.73. The van der Waals surface area contributed by atoms with Crippen LogP contribution in [0.1, 0.15) is 69.9 Å². The maximum Gasteiger partial charge on any atom is 0.375 e. The second-order valence-corrected chi connectivity index (χ2v) is 10.1. The number of rotatable bonds is 9. The Kier molecular flexibility index (Phi) is 7.97. The van der Waals surface area contributed by atoms with Crippen LogP contribution < -0.4 is 4.52 Å². The van der Waals surface area contributed by atoms with Crippen LogP contribution in [0.2, 0.25) is 0 Å². The number of aryl methyl sites for hydroxylation is 1. The fourth-order valence-corrected chi connectivity index (χ4v) is 4.51. The average Bonchev–Trinajstić information content (AvgIpc) is 2.61. The van der Waals surface area contributed by atoms with E-state index in [2.05, 4.69) is 26.5 Å². The highest BCUT2D eigenvalue weighted by Crippen LogP contribution is 2.51. The molecule has 0 radical (unpaired) electrons. The van der Waals surface area contributed by atoms with Crippen LogP contribution in [0.15, 0.2) is 35.9 Å². The van der Waals surface area contributed by atoms with Gasteiger partial charge < -0.3 is 14.2 Å². The summed E-state index contributed by atoms with van der Waals surface area (Å²) in [4.78, 5) is 0. The molecule has 1 aromatic rings. The predicted octanol–water partition coefficient (Wildman–Crippen LogP) is 6.99. The minimum Gasteiger partial charge on any atom is -0.507 e. The molecule has 5 heteroatoms. The molecule has 1 aliphatic rings. The maximum absolute atomic E-state index is 12.6. The summed E-state index contributed by atoms with van der Waals surface area (Å²) in [5, 5.41) is 11.0. The van der Waals surface area contributed by atoms with Crippen molar-refractivity contribution in [2.24, 2.45) is 5.92 Å². The Morgan fingerprint density at radius 3 is 2.68 bits per heavy atom. The van der Waals surface area contributed by atoms with Crippen LogP contribution in [0.5, 0.6) is 11.5 Å². The topological polar surface area (TPSA) is 55.8 Å². The zero-order valence-electron chi connectivity index (χ0n) is 18.0. The van der Waals surface area contributed by atoms with Crippen molar-refractivity contribution in [3.8, 4) is 11.5 Å². The number of allylic oxidation sites excluding steroid dienone is 3. The van der Waals surface area contributed by atoms with Crippen molar-refractivity contribution in [3.63, 3.8) is 0 Å². The molecule has 0 heterocycles. The monoisotopic (exact) mass is 406 g/mol. The lowest BCUT2D eigenvalue weighted by Crippen LogP contribution is -2.18. The smallest absolute Gasteiger partial charge is 0.375 e. The summed E-state index contributed by atoms with van der Waals surface area (Å²) in [6, 6.07) is 3.76. The average molecular weight is 407 g/mol. The van der Waals surface area contributed by atoms with Gasteiger partial charge in [-0.15, -0.1) is 0 Å². The molecule has 0 amide bonds. The van der Waals surface area contributed by atoms with Crippen LogP contribution in [0.4, 0.5) is 0 Å². The Labute approximate surface area is 170 Å². The molecular weight excluding hydrogens is 371 g/mol. The molecule has 1 N–H and O–H groups in total. The molecule has 0 saturated carbocycles. The zero-order valence-corrected chi connectivity index (χ0v) is 18.9. The first-order valence-corrected chi connectivity index (χ1v) is 12.2. The third-order valence-electron chi connectivity index (χ3n) is 5.56. The fraction of sp³-hybridized carbons (Fsp3) is 0.565. The highest BCUT2D eigenvalue weighted by molar-refractivity contribution is 7.53. The number of unbranched alkanes of at least 4 members (excludes halogenated alkanes) is 2. The molecule has 4 nitrogen and oxygen atoms in total. The highest BCUT2D eigenvalue weighted by Gasteiger charge is 2.32. The third-order valence-corrected chi connectivity index (χ3v) is 6.75. The summed E-state index contributed by atoms with van der Waals surface area (Å²) in [5.74, 6) is 0.813. The lowest BCUT2D eigenvalue weighted by Gasteiger charge is -2.32. The summed E-state index contributed by atoms with van der Waals surface area (Å²) in [6.07, 6.45) is 8.34. The van der Waals surface area contributed by atoms with E-state index in [1.54, 1.807) is 0 Å². The van der Waals surface area contributed by atoms with Gasteiger partial charge >= 0.3 is 7.60 Å². The standard InChI is InChI=1S/C23H35O4P/c1-7-8-9-10-18-14-21(24)23(22(15-18)27-28(6,25)26-5)20-13-17(4)11-12-19(20)16(2)3/h13-15,19-20,24H,2,7-12H2,1,3-6H3.